The highest BCUT2D eigenvalue weighted by Gasteiger charge is 2.28. The maximum Gasteiger partial charge on any atom is 0.242 e. The van der Waals surface area contributed by atoms with E-state index in [0.29, 0.717) is 39.0 Å². The van der Waals surface area contributed by atoms with Gasteiger partial charge in [-0.1, -0.05) is 50.1 Å². The Morgan fingerprint density at radius 3 is 2.39 bits per heavy atom. The lowest BCUT2D eigenvalue weighted by atomic mass is 10.1. The van der Waals surface area contributed by atoms with Crippen LogP contribution in [-0.4, -0.2) is 43.0 Å². The highest BCUT2D eigenvalue weighted by molar-refractivity contribution is 5.87. The fourth-order valence-electron chi connectivity index (χ4n) is 3.66. The molecule has 0 fully saturated rings. The first-order chi connectivity index (χ1) is 16.0. The second-order valence-corrected chi connectivity index (χ2v) is 8.21. The standard InChI is InChI=1S/C27H38N2O4/c1-5-7-17-28-27(31)25(6-2)29(20-22-11-8-10-21(3)19-22)26(30)12-9-18-33-24-15-13-23(32-4)14-16-24/h8,10-11,13-16,19,25H,5-7,9,12,17-18,20H2,1-4H3,(H,28,31). The first kappa shape index (κ1) is 26.2. The number of hydrogen-bond acceptors (Lipinski definition) is 4. The van der Waals surface area contributed by atoms with Gasteiger partial charge in [-0.3, -0.25) is 9.59 Å². The Balaban J connectivity index is 2.01. The number of carbonyl (C=O) groups excluding carboxylic acids is 2. The van der Waals surface area contributed by atoms with Crippen LogP contribution in [0.3, 0.4) is 0 Å². The van der Waals surface area contributed by atoms with Crippen LogP contribution in [0.1, 0.15) is 57.1 Å². The SMILES string of the molecule is CCCCNC(=O)C(CC)N(Cc1cccc(C)c1)C(=O)CCCOc1ccc(OC)cc1. The number of hydrogen-bond donors (Lipinski definition) is 1. The minimum absolute atomic E-state index is 0.0349. The van der Waals surface area contributed by atoms with Crippen molar-refractivity contribution in [3.8, 4) is 11.5 Å². The molecule has 1 unspecified atom stereocenters. The van der Waals surface area contributed by atoms with Crippen molar-refractivity contribution in [2.75, 3.05) is 20.3 Å². The third-order valence-electron chi connectivity index (χ3n) is 5.51. The molecule has 180 valence electrons. The summed E-state index contributed by atoms with van der Waals surface area (Å²) in [5, 5.41) is 3.00. The number of rotatable bonds is 14. The van der Waals surface area contributed by atoms with Crippen LogP contribution in [0.5, 0.6) is 11.5 Å². The summed E-state index contributed by atoms with van der Waals surface area (Å²) in [5.74, 6) is 1.39. The Morgan fingerprint density at radius 1 is 1.03 bits per heavy atom. The van der Waals surface area contributed by atoms with Crippen molar-refractivity contribution in [3.63, 3.8) is 0 Å². The lowest BCUT2D eigenvalue weighted by Gasteiger charge is -2.31. The molecule has 33 heavy (non-hydrogen) atoms. The summed E-state index contributed by atoms with van der Waals surface area (Å²) in [6.45, 7) is 7.54. The summed E-state index contributed by atoms with van der Waals surface area (Å²) in [6, 6.07) is 15.0. The summed E-state index contributed by atoms with van der Waals surface area (Å²) in [6.07, 6.45) is 3.40. The average molecular weight is 455 g/mol. The van der Waals surface area contributed by atoms with Crippen molar-refractivity contribution in [1.29, 1.82) is 0 Å². The lowest BCUT2D eigenvalue weighted by Crippen LogP contribution is -2.49. The molecule has 0 spiro atoms. The molecule has 0 aliphatic heterocycles. The van der Waals surface area contributed by atoms with Crippen LogP contribution < -0.4 is 14.8 Å². The van der Waals surface area contributed by atoms with Crippen molar-refractivity contribution < 1.29 is 19.1 Å². The Labute approximate surface area is 198 Å². The molecule has 0 bridgehead atoms. The monoisotopic (exact) mass is 454 g/mol. The molecule has 2 amide bonds. The van der Waals surface area contributed by atoms with Crippen LogP contribution in [0.2, 0.25) is 0 Å². The fraction of sp³-hybridized carbons (Fsp3) is 0.481. The lowest BCUT2D eigenvalue weighted by molar-refractivity contribution is -0.141. The Morgan fingerprint density at radius 2 is 1.76 bits per heavy atom. The van der Waals surface area contributed by atoms with Gasteiger partial charge in [0.15, 0.2) is 0 Å². The Kier molecular flexibility index (Phi) is 11.3. The van der Waals surface area contributed by atoms with E-state index in [2.05, 4.69) is 18.3 Å². The normalized spacial score (nSPS) is 11.5. The van der Waals surface area contributed by atoms with E-state index >= 15 is 0 Å². The number of benzene rings is 2. The zero-order valence-electron chi connectivity index (χ0n) is 20.4. The summed E-state index contributed by atoms with van der Waals surface area (Å²) in [5.41, 5.74) is 2.16. The van der Waals surface area contributed by atoms with E-state index in [4.69, 9.17) is 9.47 Å². The van der Waals surface area contributed by atoms with E-state index in [9.17, 15) is 9.59 Å². The predicted octanol–water partition coefficient (Wildman–Crippen LogP) is 4.89. The van der Waals surface area contributed by atoms with E-state index in [1.807, 2.05) is 56.3 Å². The molecule has 0 aliphatic rings. The van der Waals surface area contributed by atoms with Gasteiger partial charge < -0.3 is 19.7 Å². The molecule has 2 aromatic carbocycles. The number of nitrogens with zero attached hydrogens (tertiary/aromatic N) is 1. The highest BCUT2D eigenvalue weighted by Crippen LogP contribution is 2.18. The van der Waals surface area contributed by atoms with Crippen molar-refractivity contribution in [1.82, 2.24) is 10.2 Å². The average Bonchev–Trinajstić information content (AvgIpc) is 2.82. The van der Waals surface area contributed by atoms with E-state index in [0.717, 1.165) is 35.5 Å². The molecular weight excluding hydrogens is 416 g/mol. The van der Waals surface area contributed by atoms with Crippen molar-refractivity contribution >= 4 is 11.8 Å². The maximum atomic E-state index is 13.2. The first-order valence-corrected chi connectivity index (χ1v) is 11.9. The number of unbranched alkanes of at least 4 members (excludes halogenated alkanes) is 1. The number of carbonyl (C=O) groups is 2. The van der Waals surface area contributed by atoms with Gasteiger partial charge in [-0.15, -0.1) is 0 Å². The van der Waals surface area contributed by atoms with Crippen LogP contribution in [-0.2, 0) is 16.1 Å². The van der Waals surface area contributed by atoms with E-state index in [1.165, 1.54) is 0 Å². The van der Waals surface area contributed by atoms with Gasteiger partial charge in [-0.25, -0.2) is 0 Å². The maximum absolute atomic E-state index is 13.2. The molecule has 2 rings (SSSR count). The predicted molar refractivity (Wildman–Crippen MR) is 131 cm³/mol. The van der Waals surface area contributed by atoms with Crippen LogP contribution in [0.15, 0.2) is 48.5 Å². The third kappa shape index (κ3) is 8.79. The van der Waals surface area contributed by atoms with Crippen LogP contribution in [0.4, 0.5) is 0 Å². The summed E-state index contributed by atoms with van der Waals surface area (Å²) < 4.78 is 10.9. The van der Waals surface area contributed by atoms with Crippen LogP contribution in [0, 0.1) is 6.92 Å². The molecule has 6 heteroatoms. The molecule has 6 nitrogen and oxygen atoms in total. The van der Waals surface area contributed by atoms with Crippen LogP contribution in [0.25, 0.3) is 0 Å². The quantitative estimate of drug-likeness (QED) is 0.413. The van der Waals surface area contributed by atoms with Crippen LogP contribution >= 0.6 is 0 Å². The number of nitrogens with one attached hydrogen (secondary N) is 1. The van der Waals surface area contributed by atoms with Gasteiger partial charge in [0.25, 0.3) is 0 Å². The molecule has 0 saturated heterocycles. The van der Waals surface area contributed by atoms with Crippen molar-refractivity contribution in [2.24, 2.45) is 0 Å². The first-order valence-electron chi connectivity index (χ1n) is 11.9. The van der Waals surface area contributed by atoms with Crippen molar-refractivity contribution in [2.45, 2.75) is 65.5 Å². The molecule has 2 aromatic rings. The number of aryl methyl sites for hydroxylation is 1. The van der Waals surface area contributed by atoms with E-state index in [1.54, 1.807) is 12.0 Å². The van der Waals surface area contributed by atoms with E-state index in [-0.39, 0.29) is 11.8 Å². The Hall–Kier alpha value is -3.02. The molecule has 0 radical (unpaired) electrons. The summed E-state index contributed by atoms with van der Waals surface area (Å²) in [7, 11) is 1.62. The molecule has 1 N–H and O–H groups in total. The molecule has 0 aromatic heterocycles. The number of ether oxygens (including phenoxy) is 2. The summed E-state index contributed by atoms with van der Waals surface area (Å²) >= 11 is 0. The zero-order valence-corrected chi connectivity index (χ0v) is 20.4. The molecule has 0 heterocycles. The molecule has 1 atom stereocenters. The second kappa shape index (κ2) is 14.2. The smallest absolute Gasteiger partial charge is 0.242 e. The molecular formula is C27H38N2O4. The van der Waals surface area contributed by atoms with E-state index < -0.39 is 6.04 Å². The Bertz CT molecular complexity index is 867. The van der Waals surface area contributed by atoms with Gasteiger partial charge in [-0.05, 0) is 56.0 Å². The number of methoxy groups -OCH3 is 1. The van der Waals surface area contributed by atoms with Gasteiger partial charge in [0.2, 0.25) is 11.8 Å². The van der Waals surface area contributed by atoms with Gasteiger partial charge >= 0.3 is 0 Å². The third-order valence-corrected chi connectivity index (χ3v) is 5.51. The zero-order chi connectivity index (χ0) is 24.1. The second-order valence-electron chi connectivity index (χ2n) is 8.21. The molecule has 0 saturated carbocycles. The molecule has 0 aliphatic carbocycles. The minimum atomic E-state index is -0.489. The van der Waals surface area contributed by atoms with Gasteiger partial charge in [0.1, 0.15) is 17.5 Å². The minimum Gasteiger partial charge on any atom is -0.497 e. The van der Waals surface area contributed by atoms with Crippen molar-refractivity contribution in [3.05, 3.63) is 59.7 Å². The topological polar surface area (TPSA) is 67.9 Å². The number of amides is 2. The largest absolute Gasteiger partial charge is 0.497 e. The summed E-state index contributed by atoms with van der Waals surface area (Å²) in [4.78, 5) is 27.8. The highest BCUT2D eigenvalue weighted by atomic mass is 16.5. The van der Waals surface area contributed by atoms with Gasteiger partial charge in [-0.2, -0.15) is 0 Å². The fourth-order valence-corrected chi connectivity index (χ4v) is 3.66. The van der Waals surface area contributed by atoms with Gasteiger partial charge in [0, 0.05) is 19.5 Å². The van der Waals surface area contributed by atoms with Gasteiger partial charge in [0.05, 0.1) is 13.7 Å².